The number of methoxy groups -OCH3 is 1. The van der Waals surface area contributed by atoms with Crippen LogP contribution in [0, 0.1) is 0 Å². The quantitative estimate of drug-likeness (QED) is 0.209. The summed E-state index contributed by atoms with van der Waals surface area (Å²) in [4.78, 5) is 4.15. The Morgan fingerprint density at radius 2 is 1.67 bits per heavy atom. The summed E-state index contributed by atoms with van der Waals surface area (Å²) in [5, 5.41) is 11.8. The smallest absolute Gasteiger partial charge is 0.416 e. The number of rotatable bonds is 6. The first-order chi connectivity index (χ1) is 20.2. The first-order valence-corrected chi connectivity index (χ1v) is 13.7. The maximum absolute atomic E-state index is 13.2. The van der Waals surface area contributed by atoms with Crippen LogP contribution in [0.15, 0.2) is 102 Å². The molecule has 1 atom stereocenters. The zero-order chi connectivity index (χ0) is 29.4. The zero-order valence-electron chi connectivity index (χ0n) is 22.2. The van der Waals surface area contributed by atoms with Gasteiger partial charge < -0.3 is 10.1 Å². The molecular formula is C32H23Cl2F3N4O. The third-order valence-electron chi connectivity index (χ3n) is 7.07. The lowest BCUT2D eigenvalue weighted by Gasteiger charge is -2.25. The van der Waals surface area contributed by atoms with Gasteiger partial charge in [-0.15, -0.1) is 0 Å². The zero-order valence-corrected chi connectivity index (χ0v) is 23.7. The van der Waals surface area contributed by atoms with Crippen LogP contribution in [0.4, 0.5) is 30.2 Å². The lowest BCUT2D eigenvalue weighted by molar-refractivity contribution is -0.137. The van der Waals surface area contributed by atoms with E-state index < -0.39 is 11.7 Å². The highest BCUT2D eigenvalue weighted by molar-refractivity contribution is 6.35. The number of hydrogen-bond donors (Lipinski definition) is 1. The Morgan fingerprint density at radius 3 is 2.38 bits per heavy atom. The van der Waals surface area contributed by atoms with Crippen LogP contribution in [-0.4, -0.2) is 17.8 Å². The van der Waals surface area contributed by atoms with Crippen LogP contribution in [0.25, 0.3) is 10.9 Å². The molecule has 0 saturated heterocycles. The molecule has 4 aromatic carbocycles. The second kappa shape index (κ2) is 11.2. The monoisotopic (exact) mass is 606 g/mol. The maximum Gasteiger partial charge on any atom is 0.416 e. The van der Waals surface area contributed by atoms with Crippen molar-refractivity contribution in [3.8, 4) is 5.75 Å². The summed E-state index contributed by atoms with van der Waals surface area (Å²) >= 11 is 12.7. The minimum absolute atomic E-state index is 0.179. The number of anilines is 3. The molecule has 212 valence electrons. The summed E-state index contributed by atoms with van der Waals surface area (Å²) in [7, 11) is 1.62. The van der Waals surface area contributed by atoms with Crippen LogP contribution in [0.5, 0.6) is 5.75 Å². The van der Waals surface area contributed by atoms with E-state index in [0.717, 1.165) is 46.1 Å². The number of pyridine rings is 1. The van der Waals surface area contributed by atoms with Crippen molar-refractivity contribution in [1.29, 1.82) is 0 Å². The average molecular weight is 607 g/mol. The first kappa shape index (κ1) is 27.9. The number of ether oxygens (including phenoxy) is 1. The SMILES string of the molecule is COc1ccc(C2=NN(c3cc(Cl)cc(Cl)c3)C(c3cccc(Nc4ccnc5cc(C(F)(F)F)ccc45)c3)C2)cc1. The van der Waals surface area contributed by atoms with Crippen LogP contribution in [0.2, 0.25) is 10.0 Å². The molecule has 6 rings (SSSR count). The molecule has 1 aliphatic rings. The van der Waals surface area contributed by atoms with Gasteiger partial charge in [0.25, 0.3) is 0 Å². The number of hydrazone groups is 1. The molecule has 0 spiro atoms. The van der Waals surface area contributed by atoms with Crippen LogP contribution in [-0.2, 0) is 6.18 Å². The molecule has 0 amide bonds. The van der Waals surface area contributed by atoms with E-state index in [0.29, 0.717) is 27.5 Å². The van der Waals surface area contributed by atoms with E-state index in [4.69, 9.17) is 33.0 Å². The Hall–Kier alpha value is -4.27. The highest BCUT2D eigenvalue weighted by Crippen LogP contribution is 2.40. The van der Waals surface area contributed by atoms with Crippen LogP contribution < -0.4 is 15.1 Å². The second-order valence-corrected chi connectivity index (χ2v) is 10.7. The fraction of sp³-hybridized carbons (Fsp3) is 0.125. The number of alkyl halides is 3. The Kier molecular flexibility index (Phi) is 7.43. The van der Waals surface area contributed by atoms with Crippen molar-refractivity contribution in [2.24, 2.45) is 5.10 Å². The Morgan fingerprint density at radius 1 is 0.905 bits per heavy atom. The van der Waals surface area contributed by atoms with Crippen molar-refractivity contribution in [3.63, 3.8) is 0 Å². The van der Waals surface area contributed by atoms with Gasteiger partial charge in [0.15, 0.2) is 0 Å². The predicted octanol–water partition coefficient (Wildman–Crippen LogP) is 9.67. The second-order valence-electron chi connectivity index (χ2n) is 9.81. The number of nitrogens with zero attached hydrogens (tertiary/aromatic N) is 3. The van der Waals surface area contributed by atoms with Crippen molar-refractivity contribution in [2.75, 3.05) is 17.4 Å². The molecule has 0 radical (unpaired) electrons. The molecule has 1 unspecified atom stereocenters. The summed E-state index contributed by atoms with van der Waals surface area (Å²) in [6.07, 6.45) is -2.34. The molecule has 10 heteroatoms. The lowest BCUT2D eigenvalue weighted by Crippen LogP contribution is -2.18. The van der Waals surface area contributed by atoms with E-state index in [2.05, 4.69) is 10.3 Å². The molecule has 1 aliphatic heterocycles. The molecule has 42 heavy (non-hydrogen) atoms. The molecule has 1 N–H and O–H groups in total. The van der Waals surface area contributed by atoms with Gasteiger partial charge in [-0.25, -0.2) is 0 Å². The minimum atomic E-state index is -4.44. The maximum atomic E-state index is 13.2. The molecule has 1 aromatic heterocycles. The van der Waals surface area contributed by atoms with Crippen molar-refractivity contribution in [3.05, 3.63) is 124 Å². The van der Waals surface area contributed by atoms with E-state index in [1.807, 2.05) is 65.7 Å². The fourth-order valence-electron chi connectivity index (χ4n) is 5.05. The lowest BCUT2D eigenvalue weighted by atomic mass is 9.97. The number of hydrogen-bond acceptors (Lipinski definition) is 5. The molecule has 0 saturated carbocycles. The number of aromatic nitrogens is 1. The van der Waals surface area contributed by atoms with Crippen LogP contribution >= 0.6 is 23.2 Å². The molecule has 5 aromatic rings. The van der Waals surface area contributed by atoms with E-state index >= 15 is 0 Å². The number of fused-ring (bicyclic) bond motifs is 1. The number of benzene rings is 4. The van der Waals surface area contributed by atoms with Gasteiger partial charge in [0.05, 0.1) is 35.6 Å². The van der Waals surface area contributed by atoms with Crippen molar-refractivity contribution < 1.29 is 17.9 Å². The van der Waals surface area contributed by atoms with Gasteiger partial charge in [-0.3, -0.25) is 9.99 Å². The Balaban J connectivity index is 1.35. The largest absolute Gasteiger partial charge is 0.497 e. The molecule has 0 aliphatic carbocycles. The summed E-state index contributed by atoms with van der Waals surface area (Å²) in [5.41, 5.74) is 4.50. The summed E-state index contributed by atoms with van der Waals surface area (Å²) < 4.78 is 45.0. The average Bonchev–Trinajstić information content (AvgIpc) is 3.42. The van der Waals surface area contributed by atoms with Gasteiger partial charge in [-0.2, -0.15) is 18.3 Å². The van der Waals surface area contributed by atoms with Crippen molar-refractivity contribution in [2.45, 2.75) is 18.6 Å². The topological polar surface area (TPSA) is 49.8 Å². The van der Waals surface area contributed by atoms with Crippen molar-refractivity contribution >= 4 is 56.9 Å². The highest BCUT2D eigenvalue weighted by Gasteiger charge is 2.32. The minimum Gasteiger partial charge on any atom is -0.497 e. The molecule has 2 heterocycles. The van der Waals surface area contributed by atoms with E-state index in [-0.39, 0.29) is 11.6 Å². The third kappa shape index (κ3) is 5.73. The van der Waals surface area contributed by atoms with E-state index in [1.54, 1.807) is 19.2 Å². The van der Waals surface area contributed by atoms with Gasteiger partial charge in [-0.05, 0) is 83.9 Å². The van der Waals surface area contributed by atoms with E-state index in [1.165, 1.54) is 12.3 Å². The highest BCUT2D eigenvalue weighted by atomic mass is 35.5. The summed E-state index contributed by atoms with van der Waals surface area (Å²) in [6, 6.07) is 26.0. The molecule has 0 fully saturated rings. The van der Waals surface area contributed by atoms with Crippen LogP contribution in [0.3, 0.4) is 0 Å². The van der Waals surface area contributed by atoms with Gasteiger partial charge in [0.2, 0.25) is 0 Å². The molecular weight excluding hydrogens is 584 g/mol. The predicted molar refractivity (Wildman–Crippen MR) is 162 cm³/mol. The molecule has 5 nitrogen and oxygen atoms in total. The summed E-state index contributed by atoms with van der Waals surface area (Å²) in [5.74, 6) is 0.754. The standard InChI is InChI=1S/C32H23Cl2F3N4O/c1-42-26-8-5-19(6-9-26)29-18-31(41(40-29)25-16-22(33)15-23(34)17-25)20-3-2-4-24(13-20)39-28-11-12-38-30-14-21(32(35,36)37)7-10-27(28)30/h2-17,31H,18H2,1H3,(H,38,39). The Bertz CT molecular complexity index is 1790. The first-order valence-electron chi connectivity index (χ1n) is 13.0. The number of nitrogens with one attached hydrogen (secondary N) is 1. The van der Waals surface area contributed by atoms with Gasteiger partial charge in [0.1, 0.15) is 5.75 Å². The van der Waals surface area contributed by atoms with Gasteiger partial charge in [0, 0.05) is 39.4 Å². The van der Waals surface area contributed by atoms with Gasteiger partial charge >= 0.3 is 6.18 Å². The Labute approximate surface area is 250 Å². The normalized spacial score (nSPS) is 15.1. The summed E-state index contributed by atoms with van der Waals surface area (Å²) in [6.45, 7) is 0. The number of halogens is 5. The van der Waals surface area contributed by atoms with Crippen LogP contribution in [0.1, 0.15) is 29.2 Å². The third-order valence-corrected chi connectivity index (χ3v) is 7.50. The van der Waals surface area contributed by atoms with E-state index in [9.17, 15) is 13.2 Å². The fourth-order valence-corrected chi connectivity index (χ4v) is 5.56. The van der Waals surface area contributed by atoms with Gasteiger partial charge in [-0.1, -0.05) is 41.4 Å². The molecule has 0 bridgehead atoms. The van der Waals surface area contributed by atoms with Crippen molar-refractivity contribution in [1.82, 2.24) is 4.98 Å².